The average molecular weight is 343 g/mol. The molecule has 0 spiro atoms. The van der Waals surface area contributed by atoms with Gasteiger partial charge in [-0.15, -0.1) is 0 Å². The molecule has 1 aliphatic rings. The smallest absolute Gasteiger partial charge is 0.322 e. The van der Waals surface area contributed by atoms with Gasteiger partial charge in [-0.25, -0.2) is 4.79 Å². The van der Waals surface area contributed by atoms with Crippen molar-refractivity contribution in [3.05, 3.63) is 41.3 Å². The third-order valence-electron chi connectivity index (χ3n) is 4.53. The number of anilines is 1. The van der Waals surface area contributed by atoms with E-state index in [0.29, 0.717) is 18.0 Å². The number of benzene rings is 1. The van der Waals surface area contributed by atoms with E-state index in [0.717, 1.165) is 42.7 Å². The second-order valence-corrected chi connectivity index (χ2v) is 6.45. The molecule has 0 bridgehead atoms. The molecule has 1 aliphatic heterocycles. The quantitative estimate of drug-likeness (QED) is 0.878. The predicted molar refractivity (Wildman–Crippen MR) is 95.9 cm³/mol. The number of likely N-dealkylation sites (tertiary alicyclic amines) is 1. The number of urea groups is 1. The Hall–Kier alpha value is -2.50. The molecule has 0 aliphatic carbocycles. The van der Waals surface area contributed by atoms with Crippen LogP contribution in [-0.4, -0.2) is 29.7 Å². The maximum atomic E-state index is 12.8. The topological polar surface area (TPSA) is 67.6 Å². The summed E-state index contributed by atoms with van der Waals surface area (Å²) in [4.78, 5) is 14.6. The summed E-state index contributed by atoms with van der Waals surface area (Å²) in [7, 11) is 1.60. The molecule has 6 heteroatoms. The average Bonchev–Trinajstić information content (AvgIpc) is 3.24. The molecule has 0 unspecified atom stereocenters. The van der Waals surface area contributed by atoms with Crippen LogP contribution in [-0.2, 0) is 6.42 Å². The normalized spacial score (nSPS) is 16.9. The van der Waals surface area contributed by atoms with E-state index in [1.54, 1.807) is 7.11 Å². The molecule has 2 amide bonds. The van der Waals surface area contributed by atoms with Crippen LogP contribution in [0.3, 0.4) is 0 Å². The second kappa shape index (κ2) is 7.59. The fraction of sp³-hybridized carbons (Fsp3) is 0.474. The lowest BCUT2D eigenvalue weighted by molar-refractivity contribution is 0.204. The van der Waals surface area contributed by atoms with Crippen molar-refractivity contribution < 1.29 is 14.1 Å². The van der Waals surface area contributed by atoms with Crippen molar-refractivity contribution in [2.24, 2.45) is 0 Å². The van der Waals surface area contributed by atoms with Crippen LogP contribution < -0.4 is 10.1 Å². The molecule has 25 heavy (non-hydrogen) atoms. The molecule has 1 atom stereocenters. The van der Waals surface area contributed by atoms with E-state index in [9.17, 15) is 4.79 Å². The van der Waals surface area contributed by atoms with Crippen LogP contribution in [0.15, 0.2) is 28.8 Å². The van der Waals surface area contributed by atoms with Gasteiger partial charge < -0.3 is 19.5 Å². The zero-order valence-corrected chi connectivity index (χ0v) is 15.0. The van der Waals surface area contributed by atoms with Crippen LogP contribution in [0.5, 0.6) is 5.75 Å². The van der Waals surface area contributed by atoms with Crippen LogP contribution >= 0.6 is 0 Å². The van der Waals surface area contributed by atoms with Gasteiger partial charge in [0.05, 0.1) is 18.8 Å². The molecule has 0 saturated carbocycles. The predicted octanol–water partition coefficient (Wildman–Crippen LogP) is 4.31. The molecule has 1 aromatic carbocycles. The van der Waals surface area contributed by atoms with Crippen LogP contribution in [0.2, 0.25) is 0 Å². The standard InChI is InChI=1S/C19H25N3O3/c1-4-6-14-12-15(21-25-14)17-7-5-10-22(17)19(23)20-16-11-13(2)8-9-18(16)24-3/h8-9,11-12,17H,4-7,10H2,1-3H3,(H,20,23)/t17-/m1/s1. The lowest BCUT2D eigenvalue weighted by Gasteiger charge is -2.24. The number of amides is 2. The van der Waals surface area contributed by atoms with E-state index in [1.165, 1.54) is 0 Å². The monoisotopic (exact) mass is 343 g/mol. The summed E-state index contributed by atoms with van der Waals surface area (Å²) in [5, 5.41) is 7.16. The largest absolute Gasteiger partial charge is 0.495 e. The van der Waals surface area contributed by atoms with Gasteiger partial charge in [0.1, 0.15) is 17.2 Å². The minimum atomic E-state index is -0.133. The van der Waals surface area contributed by atoms with Gasteiger partial charge in [-0.05, 0) is 43.9 Å². The van der Waals surface area contributed by atoms with Crippen molar-refractivity contribution in [3.63, 3.8) is 0 Å². The van der Waals surface area contributed by atoms with Crippen LogP contribution in [0.1, 0.15) is 49.2 Å². The number of carbonyl (C=O) groups excluding carboxylic acids is 1. The van der Waals surface area contributed by atoms with Crippen LogP contribution in [0, 0.1) is 6.92 Å². The van der Waals surface area contributed by atoms with Crippen molar-refractivity contribution in [3.8, 4) is 5.75 Å². The maximum Gasteiger partial charge on any atom is 0.322 e. The van der Waals surface area contributed by atoms with Crippen molar-refractivity contribution in [1.82, 2.24) is 10.1 Å². The van der Waals surface area contributed by atoms with Crippen molar-refractivity contribution in [1.29, 1.82) is 0 Å². The Labute approximate surface area is 148 Å². The molecule has 2 heterocycles. The summed E-state index contributed by atoms with van der Waals surface area (Å²) in [6.07, 6.45) is 3.73. The highest BCUT2D eigenvalue weighted by molar-refractivity contribution is 5.91. The first-order valence-electron chi connectivity index (χ1n) is 8.80. The minimum absolute atomic E-state index is 0.0369. The van der Waals surface area contributed by atoms with Gasteiger partial charge in [-0.2, -0.15) is 0 Å². The molecular weight excluding hydrogens is 318 g/mol. The van der Waals surface area contributed by atoms with E-state index in [2.05, 4.69) is 17.4 Å². The Morgan fingerprint density at radius 1 is 1.44 bits per heavy atom. The number of rotatable bonds is 5. The first-order valence-corrected chi connectivity index (χ1v) is 8.80. The minimum Gasteiger partial charge on any atom is -0.495 e. The molecular formula is C19H25N3O3. The lowest BCUT2D eigenvalue weighted by atomic mass is 10.1. The Balaban J connectivity index is 1.75. The van der Waals surface area contributed by atoms with Crippen molar-refractivity contribution >= 4 is 11.7 Å². The van der Waals surface area contributed by atoms with E-state index >= 15 is 0 Å². The summed E-state index contributed by atoms with van der Waals surface area (Å²) in [5.74, 6) is 1.53. The number of hydrogen-bond donors (Lipinski definition) is 1. The summed E-state index contributed by atoms with van der Waals surface area (Å²) >= 11 is 0. The van der Waals surface area contributed by atoms with Gasteiger partial charge in [0, 0.05) is 19.0 Å². The van der Waals surface area contributed by atoms with Gasteiger partial charge in [-0.3, -0.25) is 0 Å². The Morgan fingerprint density at radius 2 is 2.28 bits per heavy atom. The molecule has 2 aromatic rings. The zero-order chi connectivity index (χ0) is 17.8. The van der Waals surface area contributed by atoms with Gasteiger partial charge in [0.15, 0.2) is 0 Å². The zero-order valence-electron chi connectivity index (χ0n) is 15.0. The fourth-order valence-electron chi connectivity index (χ4n) is 3.27. The summed E-state index contributed by atoms with van der Waals surface area (Å²) in [6.45, 7) is 4.80. The molecule has 3 rings (SSSR count). The van der Waals surface area contributed by atoms with Crippen molar-refractivity contribution in [2.45, 2.75) is 45.6 Å². The Bertz CT molecular complexity index is 741. The molecule has 1 aromatic heterocycles. The first kappa shape index (κ1) is 17.3. The first-order chi connectivity index (χ1) is 12.1. The van der Waals surface area contributed by atoms with Gasteiger partial charge >= 0.3 is 6.03 Å². The highest BCUT2D eigenvalue weighted by Crippen LogP contribution is 2.33. The molecule has 134 valence electrons. The molecule has 1 saturated heterocycles. The van der Waals surface area contributed by atoms with Gasteiger partial charge in [-0.1, -0.05) is 18.1 Å². The Morgan fingerprint density at radius 3 is 3.04 bits per heavy atom. The summed E-state index contributed by atoms with van der Waals surface area (Å²) in [6, 6.07) is 7.54. The van der Waals surface area contributed by atoms with Crippen LogP contribution in [0.4, 0.5) is 10.5 Å². The number of nitrogens with zero attached hydrogens (tertiary/aromatic N) is 2. The van der Waals surface area contributed by atoms with Crippen molar-refractivity contribution in [2.75, 3.05) is 19.0 Å². The number of aryl methyl sites for hydroxylation is 2. The molecule has 6 nitrogen and oxygen atoms in total. The van der Waals surface area contributed by atoms with E-state index < -0.39 is 0 Å². The molecule has 1 fully saturated rings. The Kier molecular flexibility index (Phi) is 5.26. The third kappa shape index (κ3) is 3.78. The molecule has 0 radical (unpaired) electrons. The van der Waals surface area contributed by atoms with Gasteiger partial charge in [0.2, 0.25) is 0 Å². The number of carbonyl (C=O) groups is 1. The number of aromatic nitrogens is 1. The number of hydrogen-bond acceptors (Lipinski definition) is 4. The lowest BCUT2D eigenvalue weighted by Crippen LogP contribution is -2.34. The SMILES string of the molecule is CCCc1cc([C@H]2CCCN2C(=O)Nc2cc(C)ccc2OC)no1. The molecule has 1 N–H and O–H groups in total. The number of methoxy groups -OCH3 is 1. The van der Waals surface area contributed by atoms with Gasteiger partial charge in [0.25, 0.3) is 0 Å². The number of ether oxygens (including phenoxy) is 1. The number of nitrogens with one attached hydrogen (secondary N) is 1. The fourth-order valence-corrected chi connectivity index (χ4v) is 3.27. The highest BCUT2D eigenvalue weighted by Gasteiger charge is 2.32. The third-order valence-corrected chi connectivity index (χ3v) is 4.53. The van der Waals surface area contributed by atoms with E-state index in [-0.39, 0.29) is 12.1 Å². The highest BCUT2D eigenvalue weighted by atomic mass is 16.5. The second-order valence-electron chi connectivity index (χ2n) is 6.45. The summed E-state index contributed by atoms with van der Waals surface area (Å²) in [5.41, 5.74) is 2.59. The summed E-state index contributed by atoms with van der Waals surface area (Å²) < 4.78 is 10.7. The van der Waals surface area contributed by atoms with E-state index in [4.69, 9.17) is 9.26 Å². The van der Waals surface area contributed by atoms with E-state index in [1.807, 2.05) is 36.1 Å². The van der Waals surface area contributed by atoms with Crippen LogP contribution in [0.25, 0.3) is 0 Å². The maximum absolute atomic E-state index is 12.8.